The highest BCUT2D eigenvalue weighted by Gasteiger charge is 2.22. The molecule has 5 heteroatoms. The molecule has 0 saturated carbocycles. The lowest BCUT2D eigenvalue weighted by molar-refractivity contribution is 0.223. The Balaban J connectivity index is 2.33. The van der Waals surface area contributed by atoms with Crippen LogP contribution in [0.2, 0.25) is 0 Å². The summed E-state index contributed by atoms with van der Waals surface area (Å²) in [6.07, 6.45) is 12.0. The van der Waals surface area contributed by atoms with Crippen molar-refractivity contribution in [1.82, 2.24) is 0 Å². The molecule has 0 aliphatic rings. The van der Waals surface area contributed by atoms with Crippen LogP contribution in [0, 0.1) is 0 Å². The molecule has 2 rings (SSSR count). The van der Waals surface area contributed by atoms with E-state index >= 15 is 0 Å². The van der Waals surface area contributed by atoms with Gasteiger partial charge in [0.15, 0.2) is 5.75 Å². The highest BCUT2D eigenvalue weighted by Crippen LogP contribution is 2.39. The van der Waals surface area contributed by atoms with Crippen LogP contribution in [0.15, 0.2) is 62.9 Å². The zero-order valence-corrected chi connectivity index (χ0v) is 20.9. The molecule has 180 valence electrons. The fraction of sp³-hybridized carbons (Fsp3) is 0.464. The molecule has 0 unspecified atom stereocenters. The van der Waals surface area contributed by atoms with Crippen molar-refractivity contribution in [2.75, 3.05) is 13.2 Å². The largest absolute Gasteiger partial charge is 0.492 e. The van der Waals surface area contributed by atoms with Crippen molar-refractivity contribution >= 4 is 11.0 Å². The van der Waals surface area contributed by atoms with E-state index in [1.54, 1.807) is 12.1 Å². The Labute approximate surface area is 197 Å². The summed E-state index contributed by atoms with van der Waals surface area (Å²) in [6.45, 7) is 13.0. The Bertz CT molecular complexity index is 1040. The average Bonchev–Trinajstić information content (AvgIpc) is 2.74. The fourth-order valence-electron chi connectivity index (χ4n) is 3.24. The Morgan fingerprint density at radius 1 is 1.03 bits per heavy atom. The Morgan fingerprint density at radius 2 is 1.82 bits per heavy atom. The molecule has 33 heavy (non-hydrogen) atoms. The summed E-state index contributed by atoms with van der Waals surface area (Å²) in [7, 11) is 0. The molecule has 0 bridgehead atoms. The molecule has 0 spiro atoms. The first kappa shape index (κ1) is 26.3. The van der Waals surface area contributed by atoms with Crippen LogP contribution in [-0.2, 0) is 0 Å². The van der Waals surface area contributed by atoms with E-state index in [2.05, 4.69) is 45.9 Å². The van der Waals surface area contributed by atoms with Crippen molar-refractivity contribution in [2.24, 2.45) is 0 Å². The SMILES string of the molecule is CC/C=C/CCOc1cccc2oc(=O)c(OC/C=C(\C)CCC=C(C)C)c(OC(C)C)c12. The van der Waals surface area contributed by atoms with E-state index in [0.29, 0.717) is 29.1 Å². The van der Waals surface area contributed by atoms with Crippen molar-refractivity contribution in [3.05, 3.63) is 64.1 Å². The molecule has 0 saturated heterocycles. The van der Waals surface area contributed by atoms with E-state index in [1.165, 1.54) is 11.1 Å². The highest BCUT2D eigenvalue weighted by molar-refractivity contribution is 5.91. The molecule has 1 aromatic carbocycles. The first-order valence-electron chi connectivity index (χ1n) is 11.8. The molecular weight excluding hydrogens is 416 g/mol. The molecule has 0 N–H and O–H groups in total. The van der Waals surface area contributed by atoms with Crippen LogP contribution >= 0.6 is 0 Å². The van der Waals surface area contributed by atoms with Gasteiger partial charge in [-0.2, -0.15) is 0 Å². The molecule has 0 fully saturated rings. The van der Waals surface area contributed by atoms with E-state index < -0.39 is 5.63 Å². The number of benzene rings is 1. The van der Waals surface area contributed by atoms with Crippen molar-refractivity contribution in [3.63, 3.8) is 0 Å². The molecule has 0 radical (unpaired) electrons. The van der Waals surface area contributed by atoms with Crippen molar-refractivity contribution < 1.29 is 18.6 Å². The van der Waals surface area contributed by atoms with Gasteiger partial charge in [-0.15, -0.1) is 0 Å². The summed E-state index contributed by atoms with van der Waals surface area (Å²) in [5, 5.41) is 0.615. The summed E-state index contributed by atoms with van der Waals surface area (Å²) in [4.78, 5) is 12.8. The minimum absolute atomic E-state index is 0.0754. The third-order valence-electron chi connectivity index (χ3n) is 4.86. The third kappa shape index (κ3) is 8.49. The van der Waals surface area contributed by atoms with Gasteiger partial charge >= 0.3 is 5.63 Å². The van der Waals surface area contributed by atoms with Gasteiger partial charge < -0.3 is 18.6 Å². The molecule has 0 aliphatic carbocycles. The van der Waals surface area contributed by atoms with E-state index in [4.69, 9.17) is 18.6 Å². The molecule has 0 amide bonds. The van der Waals surface area contributed by atoms with Gasteiger partial charge in [-0.05, 0) is 78.5 Å². The number of allylic oxidation sites excluding steroid dienone is 4. The lowest BCUT2D eigenvalue weighted by Gasteiger charge is -2.17. The summed E-state index contributed by atoms with van der Waals surface area (Å²) in [6, 6.07) is 5.40. The molecular formula is C28H38O5. The third-order valence-corrected chi connectivity index (χ3v) is 4.86. The van der Waals surface area contributed by atoms with Crippen LogP contribution < -0.4 is 19.8 Å². The van der Waals surface area contributed by atoms with Crippen LogP contribution in [-0.4, -0.2) is 19.3 Å². The van der Waals surface area contributed by atoms with Gasteiger partial charge in [0.1, 0.15) is 23.3 Å². The predicted octanol–water partition coefficient (Wildman–Crippen LogP) is 7.39. The van der Waals surface area contributed by atoms with E-state index in [9.17, 15) is 4.79 Å². The van der Waals surface area contributed by atoms with Crippen molar-refractivity contribution in [2.45, 2.75) is 73.3 Å². The normalized spacial score (nSPS) is 11.9. The second-order valence-corrected chi connectivity index (χ2v) is 8.54. The van der Waals surface area contributed by atoms with Crippen LogP contribution in [0.4, 0.5) is 0 Å². The van der Waals surface area contributed by atoms with Crippen LogP contribution in [0.25, 0.3) is 11.0 Å². The maximum absolute atomic E-state index is 12.8. The van der Waals surface area contributed by atoms with E-state index in [0.717, 1.165) is 25.7 Å². The number of rotatable bonds is 13. The molecule has 2 aromatic rings. The Kier molecular flexibility index (Phi) is 10.8. The quantitative estimate of drug-likeness (QED) is 0.179. The average molecular weight is 455 g/mol. The minimum Gasteiger partial charge on any atom is -0.492 e. The molecule has 1 aromatic heterocycles. The highest BCUT2D eigenvalue weighted by atomic mass is 16.5. The predicted molar refractivity (Wildman–Crippen MR) is 136 cm³/mol. The Morgan fingerprint density at radius 3 is 2.52 bits per heavy atom. The summed E-state index contributed by atoms with van der Waals surface area (Å²) >= 11 is 0. The monoisotopic (exact) mass is 454 g/mol. The zero-order chi connectivity index (χ0) is 24.2. The first-order chi connectivity index (χ1) is 15.8. The number of hydrogen-bond donors (Lipinski definition) is 0. The lowest BCUT2D eigenvalue weighted by Crippen LogP contribution is -2.14. The van der Waals surface area contributed by atoms with Gasteiger partial charge in [0.25, 0.3) is 0 Å². The number of hydrogen-bond acceptors (Lipinski definition) is 5. The van der Waals surface area contributed by atoms with Crippen molar-refractivity contribution in [3.8, 4) is 17.2 Å². The van der Waals surface area contributed by atoms with Gasteiger partial charge in [-0.1, -0.05) is 42.4 Å². The maximum Gasteiger partial charge on any atom is 0.383 e. The number of fused-ring (bicyclic) bond motifs is 1. The summed E-state index contributed by atoms with van der Waals surface area (Å²) < 4.78 is 23.6. The first-order valence-corrected chi connectivity index (χ1v) is 11.8. The van der Waals surface area contributed by atoms with Gasteiger partial charge in [0.2, 0.25) is 5.75 Å². The van der Waals surface area contributed by atoms with Gasteiger partial charge in [0.05, 0.1) is 12.7 Å². The molecule has 1 heterocycles. The second-order valence-electron chi connectivity index (χ2n) is 8.54. The Hall–Kier alpha value is -2.95. The fourth-order valence-corrected chi connectivity index (χ4v) is 3.24. The van der Waals surface area contributed by atoms with Gasteiger partial charge in [-0.3, -0.25) is 0 Å². The second kappa shape index (κ2) is 13.6. The molecule has 0 aliphatic heterocycles. The molecule has 0 atom stereocenters. The van der Waals surface area contributed by atoms with Crippen LogP contribution in [0.3, 0.4) is 0 Å². The maximum atomic E-state index is 12.8. The van der Waals surface area contributed by atoms with Crippen molar-refractivity contribution in [1.29, 1.82) is 0 Å². The minimum atomic E-state index is -0.559. The summed E-state index contributed by atoms with van der Waals surface area (Å²) in [5.41, 5.74) is 2.37. The van der Waals surface area contributed by atoms with Gasteiger partial charge in [0, 0.05) is 0 Å². The lowest BCUT2D eigenvalue weighted by atomic mass is 10.1. The topological polar surface area (TPSA) is 57.9 Å². The van der Waals surface area contributed by atoms with E-state index in [1.807, 2.05) is 26.0 Å². The van der Waals surface area contributed by atoms with Crippen LogP contribution in [0.5, 0.6) is 17.2 Å². The standard InChI is InChI=1S/C28H38O5/c1-7-8-9-10-18-30-23-15-12-16-24-25(23)26(32-21(4)5)27(28(29)33-24)31-19-17-22(6)14-11-13-20(2)3/h8-9,12-13,15-17,21H,7,10-11,14,18-19H2,1-6H3/b9-8+,22-17+. The van der Waals surface area contributed by atoms with Crippen LogP contribution in [0.1, 0.15) is 67.2 Å². The number of ether oxygens (including phenoxy) is 3. The smallest absolute Gasteiger partial charge is 0.383 e. The van der Waals surface area contributed by atoms with Gasteiger partial charge in [-0.25, -0.2) is 4.79 Å². The molecule has 5 nitrogen and oxygen atoms in total. The zero-order valence-electron chi connectivity index (χ0n) is 20.9. The summed E-state index contributed by atoms with van der Waals surface area (Å²) in [5.74, 6) is 1.05. The van der Waals surface area contributed by atoms with E-state index in [-0.39, 0.29) is 18.5 Å².